The summed E-state index contributed by atoms with van der Waals surface area (Å²) in [6.07, 6.45) is 0.457. The second-order valence-electron chi connectivity index (χ2n) is 2.98. The van der Waals surface area contributed by atoms with Gasteiger partial charge in [-0.25, -0.2) is 0 Å². The molecule has 0 unspecified atom stereocenters. The van der Waals surface area contributed by atoms with E-state index in [0.29, 0.717) is 6.42 Å². The summed E-state index contributed by atoms with van der Waals surface area (Å²) >= 11 is 0. The van der Waals surface area contributed by atoms with Crippen molar-refractivity contribution in [3.63, 3.8) is 0 Å². The average Bonchev–Trinajstić information content (AvgIpc) is 2.16. The van der Waals surface area contributed by atoms with E-state index in [2.05, 4.69) is 4.74 Å². The number of hydrogen-bond acceptors (Lipinski definition) is 3. The molecule has 0 amide bonds. The topological polar surface area (TPSA) is 43.4 Å². The highest BCUT2D eigenvalue weighted by molar-refractivity contribution is 6.09. The Bertz CT molecular complexity index is 328. The van der Waals surface area contributed by atoms with Gasteiger partial charge in [-0.3, -0.25) is 9.59 Å². The molecule has 1 aliphatic rings. The molecule has 0 saturated carbocycles. The van der Waals surface area contributed by atoms with Gasteiger partial charge in [0.15, 0.2) is 5.92 Å². The van der Waals surface area contributed by atoms with Crippen LogP contribution in [0.4, 0.5) is 0 Å². The van der Waals surface area contributed by atoms with E-state index in [-0.39, 0.29) is 0 Å². The van der Waals surface area contributed by atoms with Gasteiger partial charge in [0.05, 0.1) is 0 Å². The van der Waals surface area contributed by atoms with Gasteiger partial charge >= 0.3 is 11.9 Å². The molecule has 0 atom stereocenters. The quantitative estimate of drug-likeness (QED) is 0.497. The van der Waals surface area contributed by atoms with Gasteiger partial charge in [-0.05, 0) is 12.0 Å². The maximum absolute atomic E-state index is 10.8. The van der Waals surface area contributed by atoms with Crippen LogP contribution in [0.3, 0.4) is 0 Å². The van der Waals surface area contributed by atoms with Gasteiger partial charge in [-0.2, -0.15) is 0 Å². The number of rotatable bonds is 2. The minimum atomic E-state index is -0.567. The van der Waals surface area contributed by atoms with Crippen molar-refractivity contribution in [1.29, 1.82) is 0 Å². The Morgan fingerprint density at radius 3 is 2.23 bits per heavy atom. The first-order valence-corrected chi connectivity index (χ1v) is 4.07. The van der Waals surface area contributed by atoms with Crippen molar-refractivity contribution >= 4 is 11.9 Å². The van der Waals surface area contributed by atoms with Gasteiger partial charge in [0.1, 0.15) is 0 Å². The molecule has 0 radical (unpaired) electrons. The summed E-state index contributed by atoms with van der Waals surface area (Å²) in [4.78, 5) is 21.6. The number of ether oxygens (including phenoxy) is 1. The van der Waals surface area contributed by atoms with E-state index in [1.54, 1.807) is 0 Å². The third-order valence-electron chi connectivity index (χ3n) is 2.05. The van der Waals surface area contributed by atoms with E-state index in [1.807, 2.05) is 30.3 Å². The third kappa shape index (κ3) is 1.45. The summed E-state index contributed by atoms with van der Waals surface area (Å²) in [7, 11) is 0. The zero-order valence-corrected chi connectivity index (χ0v) is 6.90. The van der Waals surface area contributed by atoms with E-state index in [1.165, 1.54) is 0 Å². The molecule has 1 saturated heterocycles. The van der Waals surface area contributed by atoms with Crippen molar-refractivity contribution in [2.45, 2.75) is 6.42 Å². The second-order valence-corrected chi connectivity index (χ2v) is 2.98. The molecule has 0 spiro atoms. The number of benzene rings is 1. The van der Waals surface area contributed by atoms with Crippen LogP contribution in [0.5, 0.6) is 0 Å². The van der Waals surface area contributed by atoms with E-state index in [9.17, 15) is 9.59 Å². The molecule has 0 bridgehead atoms. The second kappa shape index (κ2) is 3.01. The zero-order chi connectivity index (χ0) is 9.26. The zero-order valence-electron chi connectivity index (χ0n) is 6.90. The molecule has 1 heterocycles. The highest BCUT2D eigenvalue weighted by Crippen LogP contribution is 2.19. The van der Waals surface area contributed by atoms with Gasteiger partial charge in [-0.1, -0.05) is 30.3 Å². The van der Waals surface area contributed by atoms with E-state index < -0.39 is 17.9 Å². The van der Waals surface area contributed by atoms with Crippen molar-refractivity contribution in [2.75, 3.05) is 0 Å². The first-order chi connectivity index (χ1) is 6.27. The first-order valence-electron chi connectivity index (χ1n) is 4.07. The summed E-state index contributed by atoms with van der Waals surface area (Å²) in [5.74, 6) is -1.38. The Labute approximate surface area is 75.3 Å². The van der Waals surface area contributed by atoms with Gasteiger partial charge < -0.3 is 4.74 Å². The molecule has 1 fully saturated rings. The van der Waals surface area contributed by atoms with E-state index in [4.69, 9.17) is 0 Å². The lowest BCUT2D eigenvalue weighted by Gasteiger charge is -2.21. The predicted molar refractivity (Wildman–Crippen MR) is 44.7 cm³/mol. The highest BCUT2D eigenvalue weighted by atomic mass is 16.6. The number of esters is 2. The molecular formula is C10H8O3. The van der Waals surface area contributed by atoms with Crippen LogP contribution in [0.25, 0.3) is 0 Å². The van der Waals surface area contributed by atoms with Crippen molar-refractivity contribution < 1.29 is 14.3 Å². The fourth-order valence-electron chi connectivity index (χ4n) is 1.30. The van der Waals surface area contributed by atoms with E-state index >= 15 is 0 Å². The average molecular weight is 176 g/mol. The smallest absolute Gasteiger partial charge is 0.328 e. The Morgan fingerprint density at radius 2 is 1.69 bits per heavy atom. The lowest BCUT2D eigenvalue weighted by atomic mass is 9.96. The summed E-state index contributed by atoms with van der Waals surface area (Å²) < 4.78 is 4.25. The number of cyclic esters (lactones) is 2. The minimum Gasteiger partial charge on any atom is -0.392 e. The summed E-state index contributed by atoms with van der Waals surface area (Å²) in [6, 6.07) is 9.43. The molecule has 0 aromatic heterocycles. The Hall–Kier alpha value is -1.64. The van der Waals surface area contributed by atoms with Gasteiger partial charge in [-0.15, -0.1) is 0 Å². The molecule has 1 aromatic rings. The number of carbonyl (C=O) groups is 2. The first kappa shape index (κ1) is 7.98. The molecular weight excluding hydrogens is 168 g/mol. The molecule has 2 rings (SSSR count). The molecule has 1 aliphatic heterocycles. The summed E-state index contributed by atoms with van der Waals surface area (Å²) in [5, 5.41) is 0. The lowest BCUT2D eigenvalue weighted by Crippen LogP contribution is -2.42. The maximum atomic E-state index is 10.8. The fourth-order valence-corrected chi connectivity index (χ4v) is 1.30. The van der Waals surface area contributed by atoms with Crippen molar-refractivity contribution in [1.82, 2.24) is 0 Å². The third-order valence-corrected chi connectivity index (χ3v) is 2.05. The van der Waals surface area contributed by atoms with Crippen LogP contribution in [-0.4, -0.2) is 11.9 Å². The number of carbonyl (C=O) groups excluding carboxylic acids is 2. The fraction of sp³-hybridized carbons (Fsp3) is 0.200. The molecule has 66 valence electrons. The molecule has 0 aliphatic carbocycles. The summed E-state index contributed by atoms with van der Waals surface area (Å²) in [5.41, 5.74) is 0.984. The van der Waals surface area contributed by atoms with Crippen LogP contribution in [-0.2, 0) is 20.7 Å². The standard InChI is InChI=1S/C10H8O3/c11-9-8(10(12)13-9)6-7-4-2-1-3-5-7/h1-5,8H,6H2. The van der Waals surface area contributed by atoms with Gasteiger partial charge in [0, 0.05) is 0 Å². The molecule has 3 nitrogen and oxygen atoms in total. The maximum Gasteiger partial charge on any atom is 0.328 e. The Morgan fingerprint density at radius 1 is 1.08 bits per heavy atom. The molecule has 1 aromatic carbocycles. The predicted octanol–water partition coefficient (Wildman–Crippen LogP) is 0.929. The van der Waals surface area contributed by atoms with Crippen LogP contribution < -0.4 is 0 Å². The van der Waals surface area contributed by atoms with Crippen LogP contribution in [0.1, 0.15) is 5.56 Å². The van der Waals surface area contributed by atoms with Crippen LogP contribution in [0, 0.1) is 5.92 Å². The van der Waals surface area contributed by atoms with Gasteiger partial charge in [0.2, 0.25) is 0 Å². The Kier molecular flexibility index (Phi) is 1.85. The summed E-state index contributed by atoms with van der Waals surface area (Å²) in [6.45, 7) is 0. The van der Waals surface area contributed by atoms with Crippen LogP contribution >= 0.6 is 0 Å². The molecule has 3 heteroatoms. The largest absolute Gasteiger partial charge is 0.392 e. The van der Waals surface area contributed by atoms with Gasteiger partial charge in [0.25, 0.3) is 0 Å². The minimum absolute atomic E-state index is 0.408. The lowest BCUT2D eigenvalue weighted by molar-refractivity contribution is -0.183. The normalized spacial score (nSPS) is 16.6. The molecule has 0 N–H and O–H groups in total. The van der Waals surface area contributed by atoms with Crippen molar-refractivity contribution in [2.24, 2.45) is 5.92 Å². The van der Waals surface area contributed by atoms with Crippen molar-refractivity contribution in [3.05, 3.63) is 35.9 Å². The monoisotopic (exact) mass is 176 g/mol. The highest BCUT2D eigenvalue weighted by Gasteiger charge is 2.41. The number of hydrogen-bond donors (Lipinski definition) is 0. The van der Waals surface area contributed by atoms with Crippen LogP contribution in [0.2, 0.25) is 0 Å². The van der Waals surface area contributed by atoms with E-state index in [0.717, 1.165) is 5.56 Å². The Balaban J connectivity index is 2.07. The van der Waals surface area contributed by atoms with Crippen LogP contribution in [0.15, 0.2) is 30.3 Å². The molecule has 13 heavy (non-hydrogen) atoms. The van der Waals surface area contributed by atoms with Crippen molar-refractivity contribution in [3.8, 4) is 0 Å². The SMILES string of the molecule is O=C1OC(=O)C1Cc1ccccc1.